The van der Waals surface area contributed by atoms with Crippen LogP contribution in [0.5, 0.6) is 0 Å². The zero-order valence-electron chi connectivity index (χ0n) is 8.28. The van der Waals surface area contributed by atoms with Crippen LogP contribution in [0.25, 0.3) is 0 Å². The van der Waals surface area contributed by atoms with Gasteiger partial charge in [0.1, 0.15) is 10.7 Å². The first-order valence-electron chi connectivity index (χ1n) is 4.50. The summed E-state index contributed by atoms with van der Waals surface area (Å²) in [7, 11) is -3.56. The predicted octanol–water partition coefficient (Wildman–Crippen LogP) is 2.47. The number of alkyl halides is 1. The molecule has 0 aliphatic rings. The van der Waals surface area contributed by atoms with Crippen LogP contribution in [0.15, 0.2) is 29.2 Å². The molecule has 0 aliphatic heterocycles. The van der Waals surface area contributed by atoms with Crippen molar-refractivity contribution in [1.29, 1.82) is 0 Å². The van der Waals surface area contributed by atoms with Gasteiger partial charge in [-0.05, 0) is 18.1 Å². The van der Waals surface area contributed by atoms with Crippen molar-refractivity contribution in [1.82, 2.24) is 0 Å². The predicted molar refractivity (Wildman–Crippen MR) is 58.3 cm³/mol. The molecule has 1 rings (SSSR count). The second-order valence-corrected chi connectivity index (χ2v) is 5.78. The van der Waals surface area contributed by atoms with Gasteiger partial charge in [-0.3, -0.25) is 0 Å². The number of hydrogen-bond acceptors (Lipinski definition) is 2. The first-order chi connectivity index (χ1) is 6.97. The highest BCUT2D eigenvalue weighted by Gasteiger charge is 2.21. The highest BCUT2D eigenvalue weighted by Crippen LogP contribution is 2.17. The van der Waals surface area contributed by atoms with Gasteiger partial charge in [0, 0.05) is 5.88 Å². The first kappa shape index (κ1) is 12.5. The molecule has 2 nitrogen and oxygen atoms in total. The molecule has 0 bridgehead atoms. The van der Waals surface area contributed by atoms with Crippen LogP contribution >= 0.6 is 11.6 Å². The van der Waals surface area contributed by atoms with E-state index in [9.17, 15) is 12.8 Å². The van der Waals surface area contributed by atoms with Crippen molar-refractivity contribution >= 4 is 21.4 Å². The van der Waals surface area contributed by atoms with E-state index in [0.717, 1.165) is 6.07 Å². The summed E-state index contributed by atoms with van der Waals surface area (Å²) in [6.07, 6.45) is 0. The van der Waals surface area contributed by atoms with Crippen LogP contribution in [0, 0.1) is 11.7 Å². The lowest BCUT2D eigenvalue weighted by atomic mass is 10.3. The highest BCUT2D eigenvalue weighted by molar-refractivity contribution is 7.91. The number of rotatable bonds is 4. The Bertz CT molecular complexity index is 431. The summed E-state index contributed by atoms with van der Waals surface area (Å²) < 4.78 is 36.7. The van der Waals surface area contributed by atoms with Gasteiger partial charge in [-0.15, -0.1) is 11.6 Å². The summed E-state index contributed by atoms with van der Waals surface area (Å²) in [6, 6.07) is 5.37. The van der Waals surface area contributed by atoms with Crippen molar-refractivity contribution in [2.24, 2.45) is 5.92 Å². The molecule has 0 aliphatic carbocycles. The first-order valence-corrected chi connectivity index (χ1v) is 6.69. The van der Waals surface area contributed by atoms with E-state index >= 15 is 0 Å². The van der Waals surface area contributed by atoms with Crippen molar-refractivity contribution in [3.63, 3.8) is 0 Å². The Hall–Kier alpha value is -0.610. The van der Waals surface area contributed by atoms with E-state index in [1.54, 1.807) is 6.92 Å². The van der Waals surface area contributed by atoms with Crippen LogP contribution in [-0.2, 0) is 9.84 Å². The van der Waals surface area contributed by atoms with Gasteiger partial charge < -0.3 is 0 Å². The van der Waals surface area contributed by atoms with E-state index in [1.165, 1.54) is 18.2 Å². The minimum atomic E-state index is -3.56. The molecular weight excluding hydrogens is 239 g/mol. The van der Waals surface area contributed by atoms with Gasteiger partial charge in [0.15, 0.2) is 9.84 Å². The summed E-state index contributed by atoms with van der Waals surface area (Å²) in [6.45, 7) is 1.71. The molecule has 0 heterocycles. The Balaban J connectivity index is 3.02. The largest absolute Gasteiger partial charge is 0.224 e. The van der Waals surface area contributed by atoms with Crippen LogP contribution in [0.1, 0.15) is 6.92 Å². The Morgan fingerprint density at radius 2 is 2.00 bits per heavy atom. The zero-order chi connectivity index (χ0) is 11.5. The molecule has 0 amide bonds. The molecule has 0 spiro atoms. The average molecular weight is 251 g/mol. The summed E-state index contributed by atoms with van der Waals surface area (Å²) >= 11 is 5.53. The number of benzene rings is 1. The maximum Gasteiger partial charge on any atom is 0.181 e. The van der Waals surface area contributed by atoms with Gasteiger partial charge in [0.2, 0.25) is 0 Å². The lowest BCUT2D eigenvalue weighted by Crippen LogP contribution is -2.16. The number of halogens is 2. The van der Waals surface area contributed by atoms with Crippen LogP contribution in [0.4, 0.5) is 4.39 Å². The van der Waals surface area contributed by atoms with Crippen molar-refractivity contribution in [3.8, 4) is 0 Å². The lowest BCUT2D eigenvalue weighted by molar-refractivity contribution is 0.559. The fourth-order valence-corrected chi connectivity index (χ4v) is 3.14. The Morgan fingerprint density at radius 3 is 2.53 bits per heavy atom. The van der Waals surface area contributed by atoms with Gasteiger partial charge in [0.05, 0.1) is 5.75 Å². The van der Waals surface area contributed by atoms with E-state index in [2.05, 4.69) is 0 Å². The number of sulfone groups is 1. The second kappa shape index (κ2) is 4.94. The van der Waals surface area contributed by atoms with E-state index < -0.39 is 15.7 Å². The smallest absolute Gasteiger partial charge is 0.181 e. The Morgan fingerprint density at radius 1 is 1.40 bits per heavy atom. The lowest BCUT2D eigenvalue weighted by Gasteiger charge is -2.09. The minimum absolute atomic E-state index is 0.128. The van der Waals surface area contributed by atoms with E-state index in [4.69, 9.17) is 11.6 Å². The van der Waals surface area contributed by atoms with Crippen LogP contribution < -0.4 is 0 Å². The monoisotopic (exact) mass is 250 g/mol. The van der Waals surface area contributed by atoms with Gasteiger partial charge in [-0.2, -0.15) is 0 Å². The molecule has 15 heavy (non-hydrogen) atoms. The Kier molecular flexibility index (Phi) is 4.11. The molecule has 0 aromatic heterocycles. The molecule has 0 radical (unpaired) electrons. The third kappa shape index (κ3) is 3.18. The van der Waals surface area contributed by atoms with Gasteiger partial charge >= 0.3 is 0 Å². The van der Waals surface area contributed by atoms with Crippen LogP contribution in [0.3, 0.4) is 0 Å². The summed E-state index contributed by atoms with van der Waals surface area (Å²) in [5.74, 6) is -0.777. The average Bonchev–Trinajstić information content (AvgIpc) is 2.17. The van der Waals surface area contributed by atoms with Crippen molar-refractivity contribution < 1.29 is 12.8 Å². The third-order valence-electron chi connectivity index (χ3n) is 1.94. The fraction of sp³-hybridized carbons (Fsp3) is 0.400. The van der Waals surface area contributed by atoms with Gasteiger partial charge in [-0.25, -0.2) is 12.8 Å². The maximum absolute atomic E-state index is 13.2. The third-order valence-corrected chi connectivity index (χ3v) is 4.47. The SMILES string of the molecule is CC(CCl)CS(=O)(=O)c1ccccc1F. The zero-order valence-corrected chi connectivity index (χ0v) is 9.85. The number of hydrogen-bond donors (Lipinski definition) is 0. The molecule has 1 atom stereocenters. The van der Waals surface area contributed by atoms with Crippen molar-refractivity contribution in [2.45, 2.75) is 11.8 Å². The molecule has 0 saturated heterocycles. The second-order valence-electron chi connectivity index (χ2n) is 3.47. The maximum atomic E-state index is 13.2. The van der Waals surface area contributed by atoms with Gasteiger partial charge in [-0.1, -0.05) is 19.1 Å². The van der Waals surface area contributed by atoms with E-state index in [-0.39, 0.29) is 22.4 Å². The van der Waals surface area contributed by atoms with E-state index in [0.29, 0.717) is 0 Å². The van der Waals surface area contributed by atoms with Crippen molar-refractivity contribution in [2.75, 3.05) is 11.6 Å². The van der Waals surface area contributed by atoms with Crippen molar-refractivity contribution in [3.05, 3.63) is 30.1 Å². The molecule has 1 unspecified atom stereocenters. The summed E-state index contributed by atoms with van der Waals surface area (Å²) in [5, 5.41) is 0. The highest BCUT2D eigenvalue weighted by atomic mass is 35.5. The van der Waals surface area contributed by atoms with E-state index in [1.807, 2.05) is 0 Å². The normalized spacial score (nSPS) is 13.8. The summed E-state index contributed by atoms with van der Waals surface area (Å²) in [5.41, 5.74) is 0. The topological polar surface area (TPSA) is 34.1 Å². The molecule has 5 heteroatoms. The molecule has 0 fully saturated rings. The quantitative estimate of drug-likeness (QED) is 0.770. The molecule has 1 aromatic rings. The fourth-order valence-electron chi connectivity index (χ4n) is 1.21. The molecule has 1 aromatic carbocycles. The molecule has 84 valence electrons. The molecular formula is C10H12ClFO2S. The Labute approximate surface area is 94.0 Å². The standard InChI is InChI=1S/C10H12ClFO2S/c1-8(6-11)7-15(13,14)10-5-3-2-4-9(10)12/h2-5,8H,6-7H2,1H3. The van der Waals surface area contributed by atoms with Crippen LogP contribution in [-0.4, -0.2) is 20.1 Å². The summed E-state index contributed by atoms with van der Waals surface area (Å²) in [4.78, 5) is -0.248. The molecule has 0 saturated carbocycles. The minimum Gasteiger partial charge on any atom is -0.224 e. The van der Waals surface area contributed by atoms with Gasteiger partial charge in [0.25, 0.3) is 0 Å². The molecule has 0 N–H and O–H groups in total. The van der Waals surface area contributed by atoms with Crippen LogP contribution in [0.2, 0.25) is 0 Å².